The zero-order valence-electron chi connectivity index (χ0n) is 12.2. The van der Waals surface area contributed by atoms with E-state index in [9.17, 15) is 14.7 Å². The van der Waals surface area contributed by atoms with Crippen LogP contribution in [0.4, 0.5) is 0 Å². The normalized spacial score (nSPS) is 20.1. The van der Waals surface area contributed by atoms with Gasteiger partial charge in [0.2, 0.25) is 0 Å². The highest BCUT2D eigenvalue weighted by Gasteiger charge is 2.33. The molecule has 0 spiro atoms. The predicted molar refractivity (Wildman–Crippen MR) is 72.2 cm³/mol. The van der Waals surface area contributed by atoms with Gasteiger partial charge >= 0.3 is 5.97 Å². The van der Waals surface area contributed by atoms with Crippen LogP contribution in [-0.4, -0.2) is 23.5 Å². The maximum atomic E-state index is 12.2. The Bertz CT molecular complexity index is 445. The lowest BCUT2D eigenvalue weighted by molar-refractivity contribution is -0.148. The molecule has 4 nitrogen and oxygen atoms in total. The van der Waals surface area contributed by atoms with Gasteiger partial charge in [-0.1, -0.05) is 5.57 Å². The molecule has 0 aromatic carbocycles. The zero-order valence-corrected chi connectivity index (χ0v) is 12.2. The lowest BCUT2D eigenvalue weighted by Crippen LogP contribution is -2.29. The number of esters is 1. The Morgan fingerprint density at radius 2 is 2.00 bits per heavy atom. The molecule has 0 saturated heterocycles. The Morgan fingerprint density at radius 3 is 2.42 bits per heavy atom. The molecule has 19 heavy (non-hydrogen) atoms. The third kappa shape index (κ3) is 3.53. The van der Waals surface area contributed by atoms with Crippen molar-refractivity contribution in [2.24, 2.45) is 11.3 Å². The van der Waals surface area contributed by atoms with Crippen LogP contribution in [0.15, 0.2) is 23.0 Å². The number of aliphatic hydroxyl groups is 1. The second-order valence-electron chi connectivity index (χ2n) is 6.06. The highest BCUT2D eigenvalue weighted by atomic mass is 16.5. The number of hydrogen-bond donors (Lipinski definition) is 1. The molecule has 0 saturated carbocycles. The fourth-order valence-corrected chi connectivity index (χ4v) is 1.78. The molecule has 1 N–H and O–H groups in total. The van der Waals surface area contributed by atoms with E-state index < -0.39 is 11.3 Å². The van der Waals surface area contributed by atoms with Gasteiger partial charge in [0.15, 0.2) is 5.78 Å². The molecule has 0 amide bonds. The summed E-state index contributed by atoms with van der Waals surface area (Å²) in [6.07, 6.45) is 2.12. The number of rotatable bonds is 2. The molecule has 0 aliphatic heterocycles. The molecular weight excluding hydrogens is 244 g/mol. The molecule has 0 heterocycles. The third-order valence-electron chi connectivity index (χ3n) is 2.99. The van der Waals surface area contributed by atoms with E-state index in [1.54, 1.807) is 40.7 Å². The first-order valence-corrected chi connectivity index (χ1v) is 6.43. The Morgan fingerprint density at radius 1 is 1.42 bits per heavy atom. The number of ketones is 1. The Hall–Kier alpha value is -1.42. The van der Waals surface area contributed by atoms with Crippen molar-refractivity contribution in [1.29, 1.82) is 0 Å². The van der Waals surface area contributed by atoms with Crippen molar-refractivity contribution in [3.05, 3.63) is 23.0 Å². The minimum Gasteiger partial charge on any atom is -0.426 e. The van der Waals surface area contributed by atoms with Crippen LogP contribution < -0.4 is 0 Å². The van der Waals surface area contributed by atoms with Crippen molar-refractivity contribution in [2.45, 2.75) is 41.0 Å². The quantitative estimate of drug-likeness (QED) is 0.615. The van der Waals surface area contributed by atoms with Crippen LogP contribution >= 0.6 is 0 Å². The van der Waals surface area contributed by atoms with E-state index in [1.807, 2.05) is 0 Å². The lowest BCUT2D eigenvalue weighted by Gasteiger charge is -2.25. The summed E-state index contributed by atoms with van der Waals surface area (Å²) >= 11 is 0. The molecule has 1 unspecified atom stereocenters. The Kier molecular flexibility index (Phi) is 4.69. The monoisotopic (exact) mass is 266 g/mol. The van der Waals surface area contributed by atoms with Crippen molar-refractivity contribution in [2.75, 3.05) is 6.61 Å². The summed E-state index contributed by atoms with van der Waals surface area (Å²) in [6, 6.07) is 0. The number of carbonyl (C=O) groups excluding carboxylic acids is 2. The summed E-state index contributed by atoms with van der Waals surface area (Å²) in [6.45, 7) is 8.70. The van der Waals surface area contributed by atoms with Crippen LogP contribution in [0.2, 0.25) is 0 Å². The molecule has 0 aromatic heterocycles. The largest absolute Gasteiger partial charge is 0.426 e. The first kappa shape index (κ1) is 15.6. The van der Waals surface area contributed by atoms with Gasteiger partial charge in [0.25, 0.3) is 0 Å². The fourth-order valence-electron chi connectivity index (χ4n) is 1.78. The highest BCUT2D eigenvalue weighted by Crippen LogP contribution is 2.30. The van der Waals surface area contributed by atoms with Gasteiger partial charge < -0.3 is 9.84 Å². The van der Waals surface area contributed by atoms with Gasteiger partial charge in [0, 0.05) is 5.92 Å². The minimum absolute atomic E-state index is 0.151. The van der Waals surface area contributed by atoms with Gasteiger partial charge in [0.05, 0.1) is 17.6 Å². The standard InChI is InChI=1S/C15H22O4/c1-9(2)12-11(19-14(18)15(3,4)5)7-6-10(8-16)13(12)17/h7,10,16H,6,8H2,1-5H3. The van der Waals surface area contributed by atoms with Crippen LogP contribution in [0, 0.1) is 11.3 Å². The molecule has 1 atom stereocenters. The van der Waals surface area contributed by atoms with Gasteiger partial charge in [-0.15, -0.1) is 0 Å². The Balaban J connectivity index is 3.07. The van der Waals surface area contributed by atoms with E-state index in [0.29, 0.717) is 17.8 Å². The molecule has 0 aromatic rings. The predicted octanol–water partition coefficient (Wildman–Crippen LogP) is 2.38. The van der Waals surface area contributed by atoms with Crippen molar-refractivity contribution in [3.8, 4) is 0 Å². The molecule has 1 rings (SSSR count). The van der Waals surface area contributed by atoms with Crippen molar-refractivity contribution >= 4 is 11.8 Å². The minimum atomic E-state index is -0.621. The van der Waals surface area contributed by atoms with Crippen LogP contribution in [0.1, 0.15) is 41.0 Å². The molecule has 1 aliphatic rings. The third-order valence-corrected chi connectivity index (χ3v) is 2.99. The van der Waals surface area contributed by atoms with Gasteiger partial charge in [-0.2, -0.15) is 0 Å². The SMILES string of the molecule is CC(C)=C1C(=O)C(CO)CC=C1OC(=O)C(C)(C)C. The lowest BCUT2D eigenvalue weighted by atomic mass is 9.86. The first-order valence-electron chi connectivity index (χ1n) is 6.43. The molecule has 4 heteroatoms. The molecule has 0 bridgehead atoms. The van der Waals surface area contributed by atoms with Gasteiger partial charge in [-0.3, -0.25) is 9.59 Å². The van der Waals surface area contributed by atoms with Crippen LogP contribution in [0.3, 0.4) is 0 Å². The molecule has 106 valence electrons. The molecule has 0 fully saturated rings. The number of Topliss-reactive ketones (excluding diaryl/α,β-unsaturated/α-hetero) is 1. The van der Waals surface area contributed by atoms with E-state index in [2.05, 4.69) is 0 Å². The van der Waals surface area contributed by atoms with Crippen molar-refractivity contribution in [1.82, 2.24) is 0 Å². The van der Waals surface area contributed by atoms with Crippen LogP contribution in [0.25, 0.3) is 0 Å². The summed E-state index contributed by atoms with van der Waals surface area (Å²) in [5, 5.41) is 9.18. The maximum absolute atomic E-state index is 12.2. The fraction of sp³-hybridized carbons (Fsp3) is 0.600. The summed E-state index contributed by atoms with van der Waals surface area (Å²) in [5.41, 5.74) is 0.587. The number of aliphatic hydroxyl groups excluding tert-OH is 1. The second kappa shape index (κ2) is 5.70. The second-order valence-corrected chi connectivity index (χ2v) is 6.06. The van der Waals surface area contributed by atoms with Crippen LogP contribution in [0.5, 0.6) is 0 Å². The topological polar surface area (TPSA) is 63.6 Å². The van der Waals surface area contributed by atoms with Gasteiger partial charge in [0.1, 0.15) is 5.76 Å². The number of hydrogen-bond acceptors (Lipinski definition) is 4. The molecule has 0 radical (unpaired) electrons. The van der Waals surface area contributed by atoms with E-state index in [4.69, 9.17) is 4.74 Å². The number of allylic oxidation sites excluding steroid dienone is 3. The molecular formula is C15H22O4. The number of carbonyl (C=O) groups is 2. The smallest absolute Gasteiger partial charge is 0.316 e. The van der Waals surface area contributed by atoms with Crippen molar-refractivity contribution < 1.29 is 19.4 Å². The van der Waals surface area contributed by atoms with E-state index in [0.717, 1.165) is 5.57 Å². The first-order chi connectivity index (χ1) is 8.68. The van der Waals surface area contributed by atoms with E-state index >= 15 is 0 Å². The zero-order chi connectivity index (χ0) is 14.8. The Labute approximate surface area is 114 Å². The summed E-state index contributed by atoms with van der Waals surface area (Å²) in [4.78, 5) is 24.1. The van der Waals surface area contributed by atoms with Gasteiger partial charge in [-0.05, 0) is 47.1 Å². The molecule has 1 aliphatic carbocycles. The summed E-state index contributed by atoms with van der Waals surface area (Å²) in [5.74, 6) is -0.619. The number of ether oxygens (including phenoxy) is 1. The van der Waals surface area contributed by atoms with Gasteiger partial charge in [-0.25, -0.2) is 0 Å². The van der Waals surface area contributed by atoms with Crippen LogP contribution in [-0.2, 0) is 14.3 Å². The highest BCUT2D eigenvalue weighted by molar-refractivity contribution is 6.03. The van der Waals surface area contributed by atoms with E-state index in [1.165, 1.54) is 0 Å². The summed E-state index contributed by atoms with van der Waals surface area (Å²) in [7, 11) is 0. The maximum Gasteiger partial charge on any atom is 0.316 e. The van der Waals surface area contributed by atoms with Crippen molar-refractivity contribution in [3.63, 3.8) is 0 Å². The average Bonchev–Trinajstić information content (AvgIpc) is 2.27. The van der Waals surface area contributed by atoms with E-state index in [-0.39, 0.29) is 18.4 Å². The summed E-state index contributed by atoms with van der Waals surface area (Å²) < 4.78 is 5.35. The average molecular weight is 266 g/mol.